The Labute approximate surface area is 108 Å². The third-order valence-corrected chi connectivity index (χ3v) is 3.74. The third kappa shape index (κ3) is 3.29. The Bertz CT molecular complexity index is 369. The summed E-state index contributed by atoms with van der Waals surface area (Å²) < 4.78 is 7.66. The molecule has 1 aromatic rings. The summed E-state index contributed by atoms with van der Waals surface area (Å²) in [7, 11) is 0. The van der Waals surface area contributed by atoms with Crippen LogP contribution in [0.25, 0.3) is 0 Å². The molecular weight excluding hydrogens is 228 g/mol. The molecule has 1 saturated carbocycles. The number of hydrogen-bond acceptors (Lipinski definition) is 4. The van der Waals surface area contributed by atoms with Gasteiger partial charge in [0.25, 0.3) is 0 Å². The van der Waals surface area contributed by atoms with Gasteiger partial charge in [-0.1, -0.05) is 0 Å². The number of aryl methyl sites for hydroxylation is 1. The van der Waals surface area contributed by atoms with Gasteiger partial charge in [0.15, 0.2) is 0 Å². The zero-order valence-electron chi connectivity index (χ0n) is 10.8. The molecule has 1 aliphatic carbocycles. The molecule has 3 rings (SSSR count). The quantitative estimate of drug-likeness (QED) is 0.796. The minimum atomic E-state index is 0.488. The lowest BCUT2D eigenvalue weighted by atomic mass is 10.1. The maximum atomic E-state index is 5.63. The molecule has 1 saturated heterocycles. The molecule has 2 aliphatic rings. The molecule has 1 unspecified atom stereocenters. The maximum Gasteiger partial charge on any atom is 0.140 e. The van der Waals surface area contributed by atoms with Gasteiger partial charge >= 0.3 is 0 Å². The predicted octanol–water partition coefficient (Wildman–Crippen LogP) is 1.49. The van der Waals surface area contributed by atoms with Gasteiger partial charge in [0.1, 0.15) is 12.2 Å². The van der Waals surface area contributed by atoms with Gasteiger partial charge in [0.05, 0.1) is 12.6 Å². The van der Waals surface area contributed by atoms with Crippen LogP contribution in [-0.4, -0.2) is 33.5 Å². The zero-order valence-corrected chi connectivity index (χ0v) is 10.8. The maximum absolute atomic E-state index is 5.63. The smallest absolute Gasteiger partial charge is 0.140 e. The van der Waals surface area contributed by atoms with Crippen LogP contribution < -0.4 is 5.32 Å². The molecule has 5 heteroatoms. The van der Waals surface area contributed by atoms with Crippen molar-refractivity contribution in [3.05, 3.63) is 12.2 Å². The van der Waals surface area contributed by atoms with Crippen LogP contribution in [0.1, 0.15) is 44.3 Å². The molecule has 2 heterocycles. The Balaban J connectivity index is 1.41. The van der Waals surface area contributed by atoms with Crippen molar-refractivity contribution in [2.24, 2.45) is 0 Å². The Morgan fingerprint density at radius 3 is 3.11 bits per heavy atom. The predicted molar refractivity (Wildman–Crippen MR) is 68.1 cm³/mol. The van der Waals surface area contributed by atoms with Crippen molar-refractivity contribution in [3.8, 4) is 0 Å². The molecule has 18 heavy (non-hydrogen) atoms. The van der Waals surface area contributed by atoms with Crippen molar-refractivity contribution >= 4 is 0 Å². The monoisotopic (exact) mass is 250 g/mol. The number of nitrogens with one attached hydrogen (secondary N) is 1. The van der Waals surface area contributed by atoms with Crippen LogP contribution >= 0.6 is 0 Å². The molecule has 1 atom stereocenters. The second kappa shape index (κ2) is 5.80. The molecule has 2 fully saturated rings. The molecular formula is C13H22N4O. The highest BCUT2D eigenvalue weighted by Crippen LogP contribution is 2.19. The standard InChI is InChI=1S/C13H22N4O/c1(3-12-4-2-8-18-12)7-17-13(15-10-16-17)9-14-11-5-6-11/h10-12,14H,1-9H2. The van der Waals surface area contributed by atoms with Crippen LogP contribution in [-0.2, 0) is 17.8 Å². The lowest BCUT2D eigenvalue weighted by molar-refractivity contribution is 0.101. The molecule has 0 bridgehead atoms. The lowest BCUT2D eigenvalue weighted by Gasteiger charge is -2.10. The van der Waals surface area contributed by atoms with Crippen molar-refractivity contribution in [2.75, 3.05) is 6.61 Å². The molecule has 100 valence electrons. The molecule has 1 aromatic heterocycles. The summed E-state index contributed by atoms with van der Waals surface area (Å²) in [5.41, 5.74) is 0. The molecule has 5 nitrogen and oxygen atoms in total. The summed E-state index contributed by atoms with van der Waals surface area (Å²) in [5.74, 6) is 1.06. The first-order valence-corrected chi connectivity index (χ1v) is 7.13. The highest BCUT2D eigenvalue weighted by Gasteiger charge is 2.21. The Morgan fingerprint density at radius 2 is 2.33 bits per heavy atom. The van der Waals surface area contributed by atoms with Crippen LogP contribution in [0, 0.1) is 0 Å². The van der Waals surface area contributed by atoms with E-state index in [1.54, 1.807) is 6.33 Å². The minimum absolute atomic E-state index is 0.488. The normalized spacial score (nSPS) is 23.7. The number of rotatable bonds is 7. The van der Waals surface area contributed by atoms with Gasteiger partial charge in [-0.25, -0.2) is 9.67 Å². The molecule has 0 spiro atoms. The summed E-state index contributed by atoms with van der Waals surface area (Å²) in [5, 5.41) is 7.79. The minimum Gasteiger partial charge on any atom is -0.378 e. The van der Waals surface area contributed by atoms with Crippen LogP contribution in [0.2, 0.25) is 0 Å². The van der Waals surface area contributed by atoms with Gasteiger partial charge in [0.2, 0.25) is 0 Å². The van der Waals surface area contributed by atoms with Crippen LogP contribution in [0.3, 0.4) is 0 Å². The van der Waals surface area contributed by atoms with E-state index in [-0.39, 0.29) is 0 Å². The molecule has 0 radical (unpaired) electrons. The summed E-state index contributed by atoms with van der Waals surface area (Å²) >= 11 is 0. The van der Waals surface area contributed by atoms with E-state index in [9.17, 15) is 0 Å². The second-order valence-corrected chi connectivity index (χ2v) is 5.33. The highest BCUT2D eigenvalue weighted by molar-refractivity contribution is 4.88. The van der Waals surface area contributed by atoms with E-state index < -0.39 is 0 Å². The first kappa shape index (κ1) is 12.1. The number of hydrogen-bond donors (Lipinski definition) is 1. The van der Waals surface area contributed by atoms with Gasteiger partial charge in [-0.05, 0) is 38.5 Å². The average Bonchev–Trinajstić information content (AvgIpc) is 2.89. The third-order valence-electron chi connectivity index (χ3n) is 3.74. The van der Waals surface area contributed by atoms with Crippen molar-refractivity contribution in [1.82, 2.24) is 20.1 Å². The number of nitrogens with zero attached hydrogens (tertiary/aromatic N) is 3. The fourth-order valence-corrected chi connectivity index (χ4v) is 2.48. The second-order valence-electron chi connectivity index (χ2n) is 5.33. The van der Waals surface area contributed by atoms with Gasteiger partial charge in [-0.2, -0.15) is 5.10 Å². The van der Waals surface area contributed by atoms with E-state index >= 15 is 0 Å². The zero-order chi connectivity index (χ0) is 12.2. The van der Waals surface area contributed by atoms with E-state index in [2.05, 4.69) is 15.4 Å². The van der Waals surface area contributed by atoms with E-state index in [0.29, 0.717) is 6.10 Å². The van der Waals surface area contributed by atoms with E-state index in [4.69, 9.17) is 4.74 Å². The van der Waals surface area contributed by atoms with Crippen molar-refractivity contribution in [3.63, 3.8) is 0 Å². The molecule has 0 amide bonds. The Kier molecular flexibility index (Phi) is 3.90. The lowest BCUT2D eigenvalue weighted by Crippen LogP contribution is -2.19. The molecule has 1 aliphatic heterocycles. The first-order chi connectivity index (χ1) is 8.92. The van der Waals surface area contributed by atoms with Crippen LogP contribution in [0.4, 0.5) is 0 Å². The van der Waals surface area contributed by atoms with Crippen molar-refractivity contribution in [2.45, 2.75) is 63.8 Å². The summed E-state index contributed by atoms with van der Waals surface area (Å²) in [6.45, 7) is 2.76. The summed E-state index contributed by atoms with van der Waals surface area (Å²) in [6, 6.07) is 0.724. The number of aromatic nitrogens is 3. The van der Waals surface area contributed by atoms with E-state index in [1.807, 2.05) is 4.68 Å². The Hall–Kier alpha value is -0.940. The first-order valence-electron chi connectivity index (χ1n) is 7.13. The topological polar surface area (TPSA) is 52.0 Å². The van der Waals surface area contributed by atoms with Crippen LogP contribution in [0.15, 0.2) is 6.33 Å². The van der Waals surface area contributed by atoms with Crippen LogP contribution in [0.5, 0.6) is 0 Å². The molecule has 0 aromatic carbocycles. The van der Waals surface area contributed by atoms with E-state index in [1.165, 1.54) is 25.7 Å². The number of ether oxygens (including phenoxy) is 1. The fourth-order valence-electron chi connectivity index (χ4n) is 2.48. The van der Waals surface area contributed by atoms with Gasteiger partial charge in [-0.15, -0.1) is 0 Å². The molecule has 1 N–H and O–H groups in total. The average molecular weight is 250 g/mol. The van der Waals surface area contributed by atoms with Gasteiger partial charge in [0, 0.05) is 19.2 Å². The van der Waals surface area contributed by atoms with Gasteiger partial charge < -0.3 is 10.1 Å². The fraction of sp³-hybridized carbons (Fsp3) is 0.846. The van der Waals surface area contributed by atoms with E-state index in [0.717, 1.165) is 44.4 Å². The van der Waals surface area contributed by atoms with Crippen molar-refractivity contribution < 1.29 is 4.74 Å². The van der Waals surface area contributed by atoms with Gasteiger partial charge in [-0.3, -0.25) is 0 Å². The summed E-state index contributed by atoms with van der Waals surface area (Å²) in [6.07, 6.45) is 9.51. The Morgan fingerprint density at radius 1 is 1.39 bits per heavy atom. The summed E-state index contributed by atoms with van der Waals surface area (Å²) in [4.78, 5) is 4.32. The SMILES string of the molecule is c1nc(CNC2CC2)n(CCCC2CCCO2)n1. The highest BCUT2D eigenvalue weighted by atomic mass is 16.5. The largest absolute Gasteiger partial charge is 0.378 e. The van der Waals surface area contributed by atoms with Crippen molar-refractivity contribution in [1.29, 1.82) is 0 Å².